The Bertz CT molecular complexity index is 489. The van der Waals surface area contributed by atoms with Crippen LogP contribution in [0.3, 0.4) is 0 Å². The fourth-order valence-electron chi connectivity index (χ4n) is 0.938. The zero-order valence-corrected chi connectivity index (χ0v) is 8.18. The summed E-state index contributed by atoms with van der Waals surface area (Å²) in [5.74, 6) is 0.142. The molecule has 0 unspecified atom stereocenters. The molecule has 0 aliphatic carbocycles. The minimum Gasteiger partial charge on any atom is -0.401 e. The van der Waals surface area contributed by atoms with Gasteiger partial charge >= 0.3 is 5.88 Å². The first-order chi connectivity index (χ1) is 7.25. The van der Waals surface area contributed by atoms with Gasteiger partial charge in [-0.1, -0.05) is 0 Å². The number of hydrogen-bond acceptors (Lipinski definition) is 6. The van der Waals surface area contributed by atoms with Crippen molar-refractivity contribution in [2.24, 2.45) is 0 Å². The van der Waals surface area contributed by atoms with Gasteiger partial charge < -0.3 is 4.42 Å². The Balaban J connectivity index is 2.14. The molecule has 6 nitrogen and oxygen atoms in total. The van der Waals surface area contributed by atoms with Gasteiger partial charge in [0.25, 0.3) is 0 Å². The van der Waals surface area contributed by atoms with Crippen LogP contribution in [0.2, 0.25) is 0 Å². The van der Waals surface area contributed by atoms with Crippen LogP contribution >= 0.6 is 11.3 Å². The lowest BCUT2D eigenvalue weighted by atomic mass is 10.4. The summed E-state index contributed by atoms with van der Waals surface area (Å²) in [4.78, 5) is 9.73. The first-order valence-corrected chi connectivity index (χ1v) is 4.82. The Morgan fingerprint density at radius 1 is 1.47 bits per heavy atom. The molecular weight excluding hydrogens is 218 g/mol. The van der Waals surface area contributed by atoms with Crippen molar-refractivity contribution in [1.82, 2.24) is 10.2 Å². The summed E-state index contributed by atoms with van der Waals surface area (Å²) >= 11 is 1.37. The Kier molecular flexibility index (Phi) is 2.55. The highest BCUT2D eigenvalue weighted by molar-refractivity contribution is 7.10. The fraction of sp³-hybridized carbons (Fsp3) is 0. The van der Waals surface area contributed by atoms with Gasteiger partial charge in [0.05, 0.1) is 6.07 Å². The Morgan fingerprint density at radius 3 is 2.93 bits per heavy atom. The second kappa shape index (κ2) is 4.01. The van der Waals surface area contributed by atoms with Crippen LogP contribution in [-0.2, 0) is 0 Å². The number of nitro groups is 1. The predicted octanol–water partition coefficient (Wildman–Crippen LogP) is 2.21. The third-order valence-corrected chi connectivity index (χ3v) is 2.22. The number of nitrogens with zero attached hydrogens (tertiary/aromatic N) is 3. The van der Waals surface area contributed by atoms with Gasteiger partial charge in [-0.05, 0) is 18.2 Å². The maximum Gasteiger partial charge on any atom is 0.433 e. The van der Waals surface area contributed by atoms with E-state index in [1.807, 2.05) is 0 Å². The summed E-state index contributed by atoms with van der Waals surface area (Å²) in [5, 5.41) is 18.5. The molecule has 0 saturated heterocycles. The zero-order chi connectivity index (χ0) is 10.7. The normalized spacial score (nSPS) is 10.9. The van der Waals surface area contributed by atoms with Crippen molar-refractivity contribution in [1.29, 1.82) is 0 Å². The van der Waals surface area contributed by atoms with Crippen molar-refractivity contribution >= 4 is 29.4 Å². The molecule has 2 rings (SSSR count). The smallest absolute Gasteiger partial charge is 0.401 e. The maximum absolute atomic E-state index is 10.3. The minimum atomic E-state index is -0.581. The quantitative estimate of drug-likeness (QED) is 0.588. The van der Waals surface area contributed by atoms with Crippen molar-refractivity contribution in [3.63, 3.8) is 0 Å². The summed E-state index contributed by atoms with van der Waals surface area (Å²) in [6, 6.07) is 2.83. The van der Waals surface area contributed by atoms with Crippen molar-refractivity contribution in [3.8, 4) is 0 Å². The maximum atomic E-state index is 10.3. The molecule has 15 heavy (non-hydrogen) atoms. The van der Waals surface area contributed by atoms with Gasteiger partial charge in [0.2, 0.25) is 0 Å². The highest BCUT2D eigenvalue weighted by atomic mass is 32.1. The Morgan fingerprint density at radius 2 is 2.33 bits per heavy atom. The molecule has 0 spiro atoms. The van der Waals surface area contributed by atoms with Crippen LogP contribution in [0.4, 0.5) is 5.88 Å². The lowest BCUT2D eigenvalue weighted by Crippen LogP contribution is -1.82. The van der Waals surface area contributed by atoms with E-state index in [2.05, 4.69) is 10.2 Å². The van der Waals surface area contributed by atoms with E-state index in [1.165, 1.54) is 23.5 Å². The average molecular weight is 223 g/mol. The van der Waals surface area contributed by atoms with Crippen LogP contribution in [0.15, 0.2) is 22.1 Å². The molecule has 7 heteroatoms. The average Bonchev–Trinajstić information content (AvgIpc) is 2.86. The number of aromatic nitrogens is 2. The van der Waals surface area contributed by atoms with Crippen molar-refractivity contribution in [2.75, 3.05) is 0 Å². The first kappa shape index (κ1) is 9.53. The van der Waals surface area contributed by atoms with Gasteiger partial charge in [-0.25, -0.2) is 0 Å². The van der Waals surface area contributed by atoms with E-state index in [4.69, 9.17) is 4.42 Å². The SMILES string of the molecule is O=[N+]([O-])c1ccc(C=Cc2nncs2)o1. The molecule has 0 radical (unpaired) electrons. The highest BCUT2D eigenvalue weighted by Crippen LogP contribution is 2.17. The molecule has 0 saturated carbocycles. The lowest BCUT2D eigenvalue weighted by molar-refractivity contribution is -0.402. The molecule has 0 aliphatic rings. The van der Waals surface area contributed by atoms with E-state index in [9.17, 15) is 10.1 Å². The molecular formula is C8H5N3O3S. The lowest BCUT2D eigenvalue weighted by Gasteiger charge is -1.83. The summed E-state index contributed by atoms with van der Waals surface area (Å²) in [5.41, 5.74) is 1.60. The second-order valence-electron chi connectivity index (χ2n) is 2.54. The number of furan rings is 1. The van der Waals surface area contributed by atoms with Crippen LogP contribution in [-0.4, -0.2) is 15.1 Å². The Hall–Kier alpha value is -2.02. The molecule has 0 aliphatic heterocycles. The third kappa shape index (κ3) is 2.26. The molecule has 0 bridgehead atoms. The Labute approximate surface area is 88.0 Å². The van der Waals surface area contributed by atoms with Crippen molar-refractivity contribution in [3.05, 3.63) is 38.5 Å². The molecule has 0 fully saturated rings. The van der Waals surface area contributed by atoms with Crippen LogP contribution in [0.5, 0.6) is 0 Å². The van der Waals surface area contributed by atoms with Crippen LogP contribution < -0.4 is 0 Å². The van der Waals surface area contributed by atoms with Crippen molar-refractivity contribution < 1.29 is 9.34 Å². The third-order valence-electron chi connectivity index (χ3n) is 1.56. The van der Waals surface area contributed by atoms with Gasteiger partial charge in [-0.3, -0.25) is 10.1 Å². The summed E-state index contributed by atoms with van der Waals surface area (Å²) in [7, 11) is 0. The van der Waals surface area contributed by atoms with Crippen LogP contribution in [0.1, 0.15) is 10.8 Å². The molecule has 0 atom stereocenters. The van der Waals surface area contributed by atoms with E-state index in [1.54, 1.807) is 17.7 Å². The summed E-state index contributed by atoms with van der Waals surface area (Å²) in [6.07, 6.45) is 3.29. The van der Waals surface area contributed by atoms with Gasteiger partial charge in [-0.15, -0.1) is 21.5 Å². The topological polar surface area (TPSA) is 82.1 Å². The number of rotatable bonds is 3. The summed E-state index contributed by atoms with van der Waals surface area (Å²) in [6.45, 7) is 0. The predicted molar refractivity (Wildman–Crippen MR) is 54.2 cm³/mol. The van der Waals surface area contributed by atoms with Crippen LogP contribution in [0.25, 0.3) is 12.2 Å². The largest absolute Gasteiger partial charge is 0.433 e. The first-order valence-electron chi connectivity index (χ1n) is 3.94. The van der Waals surface area contributed by atoms with Gasteiger partial charge in [0, 0.05) is 0 Å². The van der Waals surface area contributed by atoms with E-state index in [0.717, 1.165) is 0 Å². The van der Waals surface area contributed by atoms with E-state index < -0.39 is 4.92 Å². The van der Waals surface area contributed by atoms with Gasteiger partial charge in [0.1, 0.15) is 21.2 Å². The van der Waals surface area contributed by atoms with Crippen molar-refractivity contribution in [2.45, 2.75) is 0 Å². The molecule has 0 amide bonds. The highest BCUT2D eigenvalue weighted by Gasteiger charge is 2.09. The second-order valence-corrected chi connectivity index (χ2v) is 3.41. The van der Waals surface area contributed by atoms with E-state index in [0.29, 0.717) is 10.8 Å². The molecule has 0 aromatic carbocycles. The molecule has 2 aromatic heterocycles. The fourth-order valence-corrected chi connectivity index (χ4v) is 1.38. The molecule has 2 aromatic rings. The molecule has 0 N–H and O–H groups in total. The van der Waals surface area contributed by atoms with Crippen LogP contribution in [0, 0.1) is 10.1 Å². The van der Waals surface area contributed by atoms with E-state index in [-0.39, 0.29) is 5.88 Å². The van der Waals surface area contributed by atoms with Gasteiger partial charge in [0.15, 0.2) is 0 Å². The van der Waals surface area contributed by atoms with Gasteiger partial charge in [-0.2, -0.15) is 0 Å². The molecule has 76 valence electrons. The summed E-state index contributed by atoms with van der Waals surface area (Å²) < 4.78 is 4.91. The monoisotopic (exact) mass is 223 g/mol. The standard InChI is InChI=1S/C8H5N3O3S/c12-11(13)8-4-2-6(14-8)1-3-7-10-9-5-15-7/h1-5H. The van der Waals surface area contributed by atoms with E-state index >= 15 is 0 Å². The zero-order valence-electron chi connectivity index (χ0n) is 7.36. The minimum absolute atomic E-state index is 0.271. The number of hydrogen-bond donors (Lipinski definition) is 0. The molecule has 2 heterocycles.